The molecule has 2 rings (SSSR count). The van der Waals surface area contributed by atoms with Crippen LogP contribution >= 0.6 is 0 Å². The number of hydrogen-bond donors (Lipinski definition) is 1. The molecule has 0 aliphatic carbocycles. The number of carbonyl (C=O) groups is 1. The number of aryl methyl sites for hydroxylation is 1. The topological polar surface area (TPSA) is 46.9 Å². The second-order valence-electron chi connectivity index (χ2n) is 3.08. The van der Waals surface area contributed by atoms with Crippen molar-refractivity contribution in [3.8, 4) is 0 Å². The Morgan fingerprint density at radius 3 is 3.08 bits per heavy atom. The average Bonchev–Trinajstić information content (AvgIpc) is 2.58. The first-order valence-electron chi connectivity index (χ1n) is 4.02. The summed E-state index contributed by atoms with van der Waals surface area (Å²) in [6, 6.07) is 1.96. The van der Waals surface area contributed by atoms with Crippen molar-refractivity contribution in [2.45, 2.75) is 12.3 Å². The molecule has 1 fully saturated rings. The summed E-state index contributed by atoms with van der Waals surface area (Å²) in [5.74, 6) is 0.450. The third-order valence-electron chi connectivity index (χ3n) is 2.25. The van der Waals surface area contributed by atoms with Crippen molar-refractivity contribution in [3.05, 3.63) is 18.0 Å². The van der Waals surface area contributed by atoms with E-state index in [4.69, 9.17) is 0 Å². The second kappa shape index (κ2) is 2.62. The highest BCUT2D eigenvalue weighted by Gasteiger charge is 2.24. The minimum Gasteiger partial charge on any atom is -0.355 e. The zero-order valence-corrected chi connectivity index (χ0v) is 6.95. The lowest BCUT2D eigenvalue weighted by atomic mass is 10.1. The lowest BCUT2D eigenvalue weighted by Crippen LogP contribution is -2.14. The third-order valence-corrected chi connectivity index (χ3v) is 2.25. The Labute approximate surface area is 70.6 Å². The number of aromatic nitrogens is 2. The largest absolute Gasteiger partial charge is 0.355 e. The minimum atomic E-state index is 0.140. The zero-order valence-electron chi connectivity index (χ0n) is 6.95. The van der Waals surface area contributed by atoms with Crippen LogP contribution in [0.2, 0.25) is 0 Å². The molecule has 1 saturated heterocycles. The van der Waals surface area contributed by atoms with Crippen molar-refractivity contribution in [1.29, 1.82) is 0 Å². The molecular formula is C8H11N3O. The molecule has 1 aromatic heterocycles. The number of nitrogens with one attached hydrogen (secondary N) is 1. The maximum atomic E-state index is 10.9. The molecule has 0 radical (unpaired) electrons. The molecule has 2 heterocycles. The van der Waals surface area contributed by atoms with E-state index in [1.54, 1.807) is 6.20 Å². The van der Waals surface area contributed by atoms with Crippen LogP contribution in [0.1, 0.15) is 18.0 Å². The monoisotopic (exact) mass is 165 g/mol. The maximum absolute atomic E-state index is 10.9. The summed E-state index contributed by atoms with van der Waals surface area (Å²) in [5, 5.41) is 6.87. The predicted molar refractivity (Wildman–Crippen MR) is 43.6 cm³/mol. The molecule has 1 atom stereocenters. The van der Waals surface area contributed by atoms with Gasteiger partial charge < -0.3 is 5.32 Å². The second-order valence-corrected chi connectivity index (χ2v) is 3.08. The molecule has 1 unspecified atom stereocenters. The fourth-order valence-corrected chi connectivity index (χ4v) is 1.60. The third kappa shape index (κ3) is 1.09. The molecule has 0 saturated carbocycles. The molecule has 1 amide bonds. The van der Waals surface area contributed by atoms with Crippen molar-refractivity contribution >= 4 is 5.91 Å². The molecule has 4 heteroatoms. The summed E-state index contributed by atoms with van der Waals surface area (Å²) in [6.45, 7) is 0.748. The van der Waals surface area contributed by atoms with Gasteiger partial charge in [-0.25, -0.2) is 0 Å². The van der Waals surface area contributed by atoms with E-state index in [0.717, 1.165) is 12.2 Å². The number of amides is 1. The molecule has 1 N–H and O–H groups in total. The van der Waals surface area contributed by atoms with Crippen LogP contribution in [0.15, 0.2) is 12.3 Å². The summed E-state index contributed by atoms with van der Waals surface area (Å²) in [5.41, 5.74) is 1.13. The van der Waals surface area contributed by atoms with E-state index in [1.165, 1.54) is 0 Å². The van der Waals surface area contributed by atoms with Crippen molar-refractivity contribution in [1.82, 2.24) is 15.1 Å². The minimum absolute atomic E-state index is 0.140. The molecule has 0 spiro atoms. The first kappa shape index (κ1) is 7.34. The summed E-state index contributed by atoms with van der Waals surface area (Å²) in [6.07, 6.45) is 2.36. The van der Waals surface area contributed by atoms with E-state index < -0.39 is 0 Å². The van der Waals surface area contributed by atoms with E-state index in [0.29, 0.717) is 12.3 Å². The summed E-state index contributed by atoms with van der Waals surface area (Å²) < 4.78 is 1.82. The quantitative estimate of drug-likeness (QED) is 0.638. The van der Waals surface area contributed by atoms with E-state index in [1.807, 2.05) is 17.8 Å². The van der Waals surface area contributed by atoms with E-state index >= 15 is 0 Å². The molecule has 4 nitrogen and oxygen atoms in total. The normalized spacial score (nSPS) is 22.8. The van der Waals surface area contributed by atoms with Crippen LogP contribution in [0.4, 0.5) is 0 Å². The van der Waals surface area contributed by atoms with Gasteiger partial charge in [0.25, 0.3) is 0 Å². The van der Waals surface area contributed by atoms with E-state index in [9.17, 15) is 4.79 Å². The van der Waals surface area contributed by atoms with Gasteiger partial charge in [-0.15, -0.1) is 0 Å². The van der Waals surface area contributed by atoms with Gasteiger partial charge in [0.2, 0.25) is 5.91 Å². The van der Waals surface area contributed by atoms with Crippen LogP contribution in [0.3, 0.4) is 0 Å². The molecule has 12 heavy (non-hydrogen) atoms. The zero-order chi connectivity index (χ0) is 8.55. The standard InChI is InChI=1S/C8H11N3O/c1-11-7(2-3-10-11)6-4-8(12)9-5-6/h2-3,6H,4-5H2,1H3,(H,9,12). The van der Waals surface area contributed by atoms with Gasteiger partial charge in [-0.05, 0) is 6.07 Å². The van der Waals surface area contributed by atoms with Crippen LogP contribution in [-0.4, -0.2) is 22.2 Å². The predicted octanol–water partition coefficient (Wildman–Crippen LogP) is 0.0236. The lowest BCUT2D eigenvalue weighted by molar-refractivity contribution is -0.119. The molecule has 1 aliphatic heterocycles. The highest BCUT2D eigenvalue weighted by molar-refractivity contribution is 5.79. The van der Waals surface area contributed by atoms with Crippen molar-refractivity contribution in [3.63, 3.8) is 0 Å². The Morgan fingerprint density at radius 2 is 2.58 bits per heavy atom. The van der Waals surface area contributed by atoms with Gasteiger partial charge in [-0.1, -0.05) is 0 Å². The average molecular weight is 165 g/mol. The molecule has 1 aromatic rings. The fraction of sp³-hybridized carbons (Fsp3) is 0.500. The van der Waals surface area contributed by atoms with Gasteiger partial charge in [0, 0.05) is 37.8 Å². The smallest absolute Gasteiger partial charge is 0.220 e. The first-order chi connectivity index (χ1) is 5.77. The molecule has 0 aromatic carbocycles. The molecule has 64 valence electrons. The molecule has 0 bridgehead atoms. The number of nitrogens with zero attached hydrogens (tertiary/aromatic N) is 2. The highest BCUT2D eigenvalue weighted by Crippen LogP contribution is 2.21. The van der Waals surface area contributed by atoms with Crippen molar-refractivity contribution in [2.24, 2.45) is 7.05 Å². The van der Waals surface area contributed by atoms with Crippen LogP contribution < -0.4 is 5.32 Å². The molecular weight excluding hydrogens is 154 g/mol. The summed E-state index contributed by atoms with van der Waals surface area (Å²) in [4.78, 5) is 10.9. The van der Waals surface area contributed by atoms with E-state index in [-0.39, 0.29) is 5.91 Å². The van der Waals surface area contributed by atoms with Gasteiger partial charge in [0.1, 0.15) is 0 Å². The summed E-state index contributed by atoms with van der Waals surface area (Å²) >= 11 is 0. The fourth-order valence-electron chi connectivity index (χ4n) is 1.60. The van der Waals surface area contributed by atoms with Crippen molar-refractivity contribution in [2.75, 3.05) is 6.54 Å². The highest BCUT2D eigenvalue weighted by atomic mass is 16.1. The first-order valence-corrected chi connectivity index (χ1v) is 4.02. The van der Waals surface area contributed by atoms with Crippen LogP contribution in [0, 0.1) is 0 Å². The lowest BCUT2D eigenvalue weighted by Gasteiger charge is -2.06. The van der Waals surface area contributed by atoms with Gasteiger partial charge in [-0.2, -0.15) is 5.10 Å². The Bertz CT molecular complexity index is 305. The number of rotatable bonds is 1. The SMILES string of the molecule is Cn1nccc1C1CNC(=O)C1. The van der Waals surface area contributed by atoms with E-state index in [2.05, 4.69) is 10.4 Å². The Hall–Kier alpha value is -1.32. The Morgan fingerprint density at radius 1 is 1.75 bits per heavy atom. The number of carbonyl (C=O) groups excluding carboxylic acids is 1. The van der Waals surface area contributed by atoms with Gasteiger partial charge in [0.15, 0.2) is 0 Å². The van der Waals surface area contributed by atoms with Gasteiger partial charge in [-0.3, -0.25) is 9.48 Å². The van der Waals surface area contributed by atoms with Crippen LogP contribution in [0.25, 0.3) is 0 Å². The maximum Gasteiger partial charge on any atom is 0.220 e. The van der Waals surface area contributed by atoms with Crippen molar-refractivity contribution < 1.29 is 4.79 Å². The molecule has 1 aliphatic rings. The Kier molecular flexibility index (Phi) is 1.60. The summed E-state index contributed by atoms with van der Waals surface area (Å²) in [7, 11) is 1.90. The van der Waals surface area contributed by atoms with Crippen LogP contribution in [-0.2, 0) is 11.8 Å². The van der Waals surface area contributed by atoms with Crippen LogP contribution in [0.5, 0.6) is 0 Å². The number of hydrogen-bond acceptors (Lipinski definition) is 2. The Balaban J connectivity index is 2.21. The van der Waals surface area contributed by atoms with Gasteiger partial charge in [0.05, 0.1) is 0 Å². The van der Waals surface area contributed by atoms with Gasteiger partial charge >= 0.3 is 0 Å².